The highest BCUT2D eigenvalue weighted by Crippen LogP contribution is 2.69. The van der Waals surface area contributed by atoms with Crippen molar-refractivity contribution in [1.29, 1.82) is 0 Å². The standard InChI is InChI=1S/C15H17FN2O/c16-10-6-9(3-4-11(10)17)18-15(19)14-12-7-1-2-8(5-7)13(12)14/h3-4,6-8,12-14H,1-2,5,17H2,(H,18,19). The molecule has 19 heavy (non-hydrogen) atoms. The maximum atomic E-state index is 13.3. The zero-order valence-corrected chi connectivity index (χ0v) is 10.6. The Bertz CT molecular complexity index is 543. The Hall–Kier alpha value is -1.58. The fourth-order valence-electron chi connectivity index (χ4n) is 4.51. The van der Waals surface area contributed by atoms with Gasteiger partial charge in [0, 0.05) is 11.6 Å². The lowest BCUT2D eigenvalue weighted by Crippen LogP contribution is -2.18. The van der Waals surface area contributed by atoms with Crippen molar-refractivity contribution < 1.29 is 9.18 Å². The van der Waals surface area contributed by atoms with Crippen LogP contribution in [-0.2, 0) is 4.79 Å². The predicted octanol–water partition coefficient (Wildman–Crippen LogP) is 2.64. The number of benzene rings is 1. The highest BCUT2D eigenvalue weighted by Gasteiger charge is 2.67. The Kier molecular flexibility index (Phi) is 2.20. The van der Waals surface area contributed by atoms with Gasteiger partial charge in [-0.25, -0.2) is 4.39 Å². The molecular weight excluding hydrogens is 243 g/mol. The molecule has 2 bridgehead atoms. The van der Waals surface area contributed by atoms with Gasteiger partial charge in [-0.2, -0.15) is 0 Å². The summed E-state index contributed by atoms with van der Waals surface area (Å²) in [6.07, 6.45) is 3.92. The van der Waals surface area contributed by atoms with Crippen LogP contribution in [0.3, 0.4) is 0 Å². The summed E-state index contributed by atoms with van der Waals surface area (Å²) in [6, 6.07) is 4.44. The van der Waals surface area contributed by atoms with E-state index in [-0.39, 0.29) is 17.5 Å². The van der Waals surface area contributed by atoms with E-state index < -0.39 is 5.82 Å². The molecule has 0 saturated heterocycles. The van der Waals surface area contributed by atoms with Crippen molar-refractivity contribution in [3.8, 4) is 0 Å². The number of nitrogens with two attached hydrogens (primary N) is 1. The Morgan fingerprint density at radius 1 is 1.26 bits per heavy atom. The van der Waals surface area contributed by atoms with Gasteiger partial charge in [0.1, 0.15) is 5.82 Å². The van der Waals surface area contributed by atoms with Crippen LogP contribution in [0.2, 0.25) is 0 Å². The van der Waals surface area contributed by atoms with E-state index in [1.54, 1.807) is 6.07 Å². The molecule has 3 nitrogen and oxygen atoms in total. The first-order valence-electron chi connectivity index (χ1n) is 7.01. The number of nitrogen functional groups attached to an aromatic ring is 1. The van der Waals surface area contributed by atoms with Crippen molar-refractivity contribution in [1.82, 2.24) is 0 Å². The van der Waals surface area contributed by atoms with Crippen molar-refractivity contribution in [3.63, 3.8) is 0 Å². The van der Waals surface area contributed by atoms with E-state index in [2.05, 4.69) is 5.32 Å². The molecule has 1 amide bonds. The summed E-state index contributed by atoms with van der Waals surface area (Å²) in [5.41, 5.74) is 6.04. The summed E-state index contributed by atoms with van der Waals surface area (Å²) >= 11 is 0. The number of rotatable bonds is 2. The SMILES string of the molecule is Nc1ccc(NC(=O)C2C3C4CCC(C4)C23)cc1F. The minimum atomic E-state index is -0.478. The Balaban J connectivity index is 1.47. The van der Waals surface area contributed by atoms with Gasteiger partial charge in [-0.3, -0.25) is 4.79 Å². The second-order valence-electron chi connectivity index (χ2n) is 6.24. The van der Waals surface area contributed by atoms with Gasteiger partial charge < -0.3 is 11.1 Å². The Labute approximate surface area is 111 Å². The summed E-state index contributed by atoms with van der Waals surface area (Å²) in [5, 5.41) is 2.83. The first kappa shape index (κ1) is 11.3. The second kappa shape index (κ2) is 3.71. The van der Waals surface area contributed by atoms with Crippen molar-refractivity contribution in [2.45, 2.75) is 19.3 Å². The van der Waals surface area contributed by atoms with E-state index in [1.807, 2.05) is 0 Å². The topological polar surface area (TPSA) is 55.1 Å². The number of fused-ring (bicyclic) bond motifs is 5. The Morgan fingerprint density at radius 3 is 2.58 bits per heavy atom. The molecule has 1 aromatic rings. The fraction of sp³-hybridized carbons (Fsp3) is 0.533. The van der Waals surface area contributed by atoms with E-state index in [4.69, 9.17) is 5.73 Å². The summed E-state index contributed by atoms with van der Waals surface area (Å²) < 4.78 is 13.3. The van der Waals surface area contributed by atoms with Crippen LogP contribution in [0.5, 0.6) is 0 Å². The van der Waals surface area contributed by atoms with Crippen LogP contribution in [0, 0.1) is 35.4 Å². The van der Waals surface area contributed by atoms with Gasteiger partial charge in [0.15, 0.2) is 0 Å². The van der Waals surface area contributed by atoms with Crippen molar-refractivity contribution in [3.05, 3.63) is 24.0 Å². The van der Waals surface area contributed by atoms with E-state index >= 15 is 0 Å². The van der Waals surface area contributed by atoms with Crippen LogP contribution in [0.25, 0.3) is 0 Å². The van der Waals surface area contributed by atoms with Crippen LogP contribution in [-0.4, -0.2) is 5.91 Å². The molecule has 4 heteroatoms. The zero-order valence-electron chi connectivity index (χ0n) is 10.6. The molecule has 3 N–H and O–H groups in total. The normalized spacial score (nSPS) is 38.1. The average Bonchev–Trinajstić information content (AvgIpc) is 2.83. The van der Waals surface area contributed by atoms with Gasteiger partial charge in [-0.15, -0.1) is 0 Å². The van der Waals surface area contributed by atoms with E-state index in [0.717, 1.165) is 11.8 Å². The molecule has 3 fully saturated rings. The maximum Gasteiger partial charge on any atom is 0.228 e. The lowest BCUT2D eigenvalue weighted by Gasteiger charge is -2.10. The number of hydrogen-bond donors (Lipinski definition) is 2. The summed E-state index contributed by atoms with van der Waals surface area (Å²) in [4.78, 5) is 12.2. The van der Waals surface area contributed by atoms with Crippen LogP contribution < -0.4 is 11.1 Å². The predicted molar refractivity (Wildman–Crippen MR) is 70.7 cm³/mol. The summed E-state index contributed by atoms with van der Waals surface area (Å²) in [7, 11) is 0. The van der Waals surface area contributed by atoms with E-state index in [1.165, 1.54) is 31.4 Å². The first-order chi connectivity index (χ1) is 9.15. The number of carbonyl (C=O) groups excluding carboxylic acids is 1. The number of anilines is 2. The van der Waals surface area contributed by atoms with E-state index in [9.17, 15) is 9.18 Å². The van der Waals surface area contributed by atoms with E-state index in [0.29, 0.717) is 17.5 Å². The van der Waals surface area contributed by atoms with Crippen LogP contribution in [0.15, 0.2) is 18.2 Å². The third kappa shape index (κ3) is 1.58. The highest BCUT2D eigenvalue weighted by atomic mass is 19.1. The molecule has 0 aromatic heterocycles. The largest absolute Gasteiger partial charge is 0.396 e. The molecule has 4 atom stereocenters. The molecule has 1 aromatic carbocycles. The Morgan fingerprint density at radius 2 is 1.95 bits per heavy atom. The molecule has 4 rings (SSSR count). The third-order valence-electron chi connectivity index (χ3n) is 5.31. The molecule has 100 valence electrons. The van der Waals surface area contributed by atoms with Gasteiger partial charge >= 0.3 is 0 Å². The zero-order chi connectivity index (χ0) is 13.1. The van der Waals surface area contributed by atoms with Crippen LogP contribution >= 0.6 is 0 Å². The third-order valence-corrected chi connectivity index (χ3v) is 5.31. The molecule has 3 saturated carbocycles. The lowest BCUT2D eigenvalue weighted by molar-refractivity contribution is -0.118. The van der Waals surface area contributed by atoms with Gasteiger partial charge in [0.25, 0.3) is 0 Å². The molecule has 3 aliphatic carbocycles. The van der Waals surface area contributed by atoms with Gasteiger partial charge in [-0.1, -0.05) is 0 Å². The monoisotopic (exact) mass is 260 g/mol. The molecule has 4 unspecified atom stereocenters. The highest BCUT2D eigenvalue weighted by molar-refractivity contribution is 5.95. The molecular formula is C15H17FN2O. The molecule has 0 spiro atoms. The summed E-state index contributed by atoms with van der Waals surface area (Å²) in [5.74, 6) is 2.52. The van der Waals surface area contributed by atoms with Crippen LogP contribution in [0.4, 0.5) is 15.8 Å². The minimum absolute atomic E-state index is 0.0655. The number of amides is 1. The number of nitrogens with one attached hydrogen (secondary N) is 1. The number of hydrogen-bond acceptors (Lipinski definition) is 2. The van der Waals surface area contributed by atoms with Gasteiger partial charge in [0.05, 0.1) is 5.69 Å². The quantitative estimate of drug-likeness (QED) is 0.803. The maximum absolute atomic E-state index is 13.3. The minimum Gasteiger partial charge on any atom is -0.396 e. The fourth-order valence-corrected chi connectivity index (χ4v) is 4.51. The first-order valence-corrected chi connectivity index (χ1v) is 7.01. The lowest BCUT2D eigenvalue weighted by atomic mass is 10.0. The number of halogens is 1. The summed E-state index contributed by atoms with van der Waals surface area (Å²) in [6.45, 7) is 0. The molecule has 0 heterocycles. The number of carbonyl (C=O) groups is 1. The second-order valence-corrected chi connectivity index (χ2v) is 6.24. The molecule has 0 aliphatic heterocycles. The van der Waals surface area contributed by atoms with Crippen molar-refractivity contribution in [2.24, 2.45) is 29.6 Å². The van der Waals surface area contributed by atoms with Gasteiger partial charge in [-0.05, 0) is 61.1 Å². The van der Waals surface area contributed by atoms with Gasteiger partial charge in [0.2, 0.25) is 5.91 Å². The van der Waals surface area contributed by atoms with Crippen molar-refractivity contribution >= 4 is 17.3 Å². The molecule has 0 radical (unpaired) electrons. The smallest absolute Gasteiger partial charge is 0.228 e. The average molecular weight is 260 g/mol. The molecule has 3 aliphatic rings. The van der Waals surface area contributed by atoms with Crippen LogP contribution in [0.1, 0.15) is 19.3 Å². The van der Waals surface area contributed by atoms with Crippen molar-refractivity contribution in [2.75, 3.05) is 11.1 Å².